The molecule has 106 valence electrons. The first-order valence-electron chi connectivity index (χ1n) is 7.15. The number of rotatable bonds is 6. The fraction of sp³-hybridized carbons (Fsp3) is 0.625. The Morgan fingerprint density at radius 1 is 1.21 bits per heavy atom. The van der Waals surface area contributed by atoms with Gasteiger partial charge in [-0.1, -0.05) is 26.3 Å². The Balaban J connectivity index is 1.95. The molecule has 0 unspecified atom stereocenters. The van der Waals surface area contributed by atoms with Crippen LogP contribution in [0.1, 0.15) is 38.7 Å². The van der Waals surface area contributed by atoms with Gasteiger partial charge >= 0.3 is 0 Å². The zero-order valence-corrected chi connectivity index (χ0v) is 11.8. The van der Waals surface area contributed by atoms with Crippen LogP contribution in [-0.4, -0.2) is 13.1 Å². The molecule has 1 aromatic rings. The third-order valence-electron chi connectivity index (χ3n) is 4.03. The Kier molecular flexibility index (Phi) is 4.56. The summed E-state index contributed by atoms with van der Waals surface area (Å²) in [6.45, 7) is 6.37. The average Bonchev–Trinajstić information content (AvgIpc) is 2.30. The molecule has 0 saturated heterocycles. The van der Waals surface area contributed by atoms with Gasteiger partial charge in [-0.25, -0.2) is 8.78 Å². The summed E-state index contributed by atoms with van der Waals surface area (Å²) in [6, 6.07) is 4.29. The highest BCUT2D eigenvalue weighted by Gasteiger charge is 2.36. The Hall–Kier alpha value is -0.960. The summed E-state index contributed by atoms with van der Waals surface area (Å²) in [6.07, 6.45) is 4.44. The second kappa shape index (κ2) is 6.00. The molecular weight excluding hydrogens is 244 g/mol. The van der Waals surface area contributed by atoms with Gasteiger partial charge in [-0.2, -0.15) is 0 Å². The van der Waals surface area contributed by atoms with Crippen LogP contribution in [0.25, 0.3) is 0 Å². The van der Waals surface area contributed by atoms with E-state index in [1.165, 1.54) is 31.4 Å². The molecule has 0 heterocycles. The molecule has 0 amide bonds. The molecule has 1 saturated carbocycles. The van der Waals surface area contributed by atoms with Crippen molar-refractivity contribution in [2.45, 2.75) is 39.5 Å². The van der Waals surface area contributed by atoms with Crippen LogP contribution in [0.4, 0.5) is 8.78 Å². The average molecular weight is 267 g/mol. The molecule has 0 atom stereocenters. The van der Waals surface area contributed by atoms with E-state index in [0.717, 1.165) is 25.1 Å². The number of nitrogens with one attached hydrogen (secondary N) is 1. The van der Waals surface area contributed by atoms with Gasteiger partial charge in [-0.15, -0.1) is 0 Å². The molecule has 1 aliphatic carbocycles. The van der Waals surface area contributed by atoms with Gasteiger partial charge < -0.3 is 5.32 Å². The molecule has 0 spiro atoms. The van der Waals surface area contributed by atoms with Gasteiger partial charge in [0.25, 0.3) is 0 Å². The molecule has 0 radical (unpaired) electrons. The summed E-state index contributed by atoms with van der Waals surface area (Å²) in [4.78, 5) is 0. The van der Waals surface area contributed by atoms with Crippen molar-refractivity contribution in [3.8, 4) is 0 Å². The molecule has 3 heteroatoms. The lowest BCUT2D eigenvalue weighted by Crippen LogP contribution is -2.42. The van der Waals surface area contributed by atoms with Gasteiger partial charge in [0.2, 0.25) is 0 Å². The Morgan fingerprint density at radius 2 is 1.95 bits per heavy atom. The first-order valence-corrected chi connectivity index (χ1v) is 7.15. The van der Waals surface area contributed by atoms with E-state index in [1.54, 1.807) is 6.07 Å². The summed E-state index contributed by atoms with van der Waals surface area (Å²) in [5.74, 6) is -0.855. The molecule has 2 rings (SSSR count). The standard InChI is InChI=1S/C16H23F2N/c1-12(2)10-19-11-16(6-3-7-16)9-13-4-5-14(17)15(18)8-13/h4-5,8,12,19H,3,6-7,9-11H2,1-2H3. The fourth-order valence-corrected chi connectivity index (χ4v) is 2.80. The van der Waals surface area contributed by atoms with Crippen molar-refractivity contribution in [3.05, 3.63) is 35.4 Å². The normalized spacial score (nSPS) is 17.5. The summed E-state index contributed by atoms with van der Waals surface area (Å²) in [5, 5.41) is 3.51. The van der Waals surface area contributed by atoms with Crippen molar-refractivity contribution in [3.63, 3.8) is 0 Å². The molecule has 1 aromatic carbocycles. The largest absolute Gasteiger partial charge is 0.316 e. The van der Waals surface area contributed by atoms with E-state index in [2.05, 4.69) is 19.2 Å². The molecule has 1 aliphatic rings. The van der Waals surface area contributed by atoms with Gasteiger partial charge in [-0.05, 0) is 54.8 Å². The summed E-state index contributed by atoms with van der Waals surface area (Å²) < 4.78 is 26.2. The zero-order valence-electron chi connectivity index (χ0n) is 11.8. The minimum atomic E-state index is -0.760. The van der Waals surface area contributed by atoms with Crippen molar-refractivity contribution >= 4 is 0 Å². The monoisotopic (exact) mass is 267 g/mol. The van der Waals surface area contributed by atoms with Crippen molar-refractivity contribution in [2.24, 2.45) is 11.3 Å². The Bertz CT molecular complexity index is 425. The van der Waals surface area contributed by atoms with E-state index in [9.17, 15) is 8.78 Å². The predicted octanol–water partition coefficient (Wildman–Crippen LogP) is 3.92. The Morgan fingerprint density at radius 3 is 2.47 bits per heavy atom. The van der Waals surface area contributed by atoms with Crippen LogP contribution in [-0.2, 0) is 6.42 Å². The first-order chi connectivity index (χ1) is 9.01. The smallest absolute Gasteiger partial charge is 0.159 e. The van der Waals surface area contributed by atoms with Crippen LogP contribution in [0.15, 0.2) is 18.2 Å². The van der Waals surface area contributed by atoms with Crippen LogP contribution < -0.4 is 5.32 Å². The van der Waals surface area contributed by atoms with Crippen LogP contribution in [0, 0.1) is 23.0 Å². The maximum absolute atomic E-state index is 13.2. The van der Waals surface area contributed by atoms with E-state index in [0.29, 0.717) is 5.92 Å². The SMILES string of the molecule is CC(C)CNCC1(Cc2ccc(F)c(F)c2)CCC1. The lowest BCUT2D eigenvalue weighted by Gasteiger charge is -2.42. The maximum Gasteiger partial charge on any atom is 0.159 e. The van der Waals surface area contributed by atoms with Gasteiger partial charge in [0.05, 0.1) is 0 Å². The predicted molar refractivity (Wildman–Crippen MR) is 74.1 cm³/mol. The van der Waals surface area contributed by atoms with Gasteiger partial charge in [0.15, 0.2) is 11.6 Å². The third-order valence-corrected chi connectivity index (χ3v) is 4.03. The first kappa shape index (κ1) is 14.4. The van der Waals surface area contributed by atoms with Crippen molar-refractivity contribution in [2.75, 3.05) is 13.1 Å². The van der Waals surface area contributed by atoms with Crippen molar-refractivity contribution in [1.29, 1.82) is 0 Å². The number of hydrogen-bond acceptors (Lipinski definition) is 1. The molecule has 0 aliphatic heterocycles. The Labute approximate surface area is 114 Å². The van der Waals surface area contributed by atoms with E-state index < -0.39 is 11.6 Å². The highest BCUT2D eigenvalue weighted by molar-refractivity contribution is 5.20. The number of hydrogen-bond donors (Lipinski definition) is 1. The third kappa shape index (κ3) is 3.75. The van der Waals surface area contributed by atoms with E-state index >= 15 is 0 Å². The second-order valence-corrected chi connectivity index (χ2v) is 6.30. The fourth-order valence-electron chi connectivity index (χ4n) is 2.80. The lowest BCUT2D eigenvalue weighted by molar-refractivity contribution is 0.129. The highest BCUT2D eigenvalue weighted by atomic mass is 19.2. The minimum absolute atomic E-state index is 0.249. The highest BCUT2D eigenvalue weighted by Crippen LogP contribution is 2.43. The van der Waals surface area contributed by atoms with Crippen molar-refractivity contribution < 1.29 is 8.78 Å². The summed E-state index contributed by atoms with van der Waals surface area (Å²) in [5.41, 5.74) is 1.16. The number of halogens is 2. The molecule has 0 bridgehead atoms. The van der Waals surface area contributed by atoms with Crippen LogP contribution in [0.2, 0.25) is 0 Å². The summed E-state index contributed by atoms with van der Waals surface area (Å²) >= 11 is 0. The topological polar surface area (TPSA) is 12.0 Å². The molecular formula is C16H23F2N. The van der Waals surface area contributed by atoms with Crippen LogP contribution >= 0.6 is 0 Å². The molecule has 0 aromatic heterocycles. The summed E-state index contributed by atoms with van der Waals surface area (Å²) in [7, 11) is 0. The molecule has 1 N–H and O–H groups in total. The minimum Gasteiger partial charge on any atom is -0.316 e. The van der Waals surface area contributed by atoms with E-state index in [-0.39, 0.29) is 5.41 Å². The quantitative estimate of drug-likeness (QED) is 0.823. The molecule has 1 fully saturated rings. The van der Waals surface area contributed by atoms with E-state index in [1.807, 2.05) is 0 Å². The van der Waals surface area contributed by atoms with Gasteiger partial charge in [-0.3, -0.25) is 0 Å². The molecule has 19 heavy (non-hydrogen) atoms. The van der Waals surface area contributed by atoms with E-state index in [4.69, 9.17) is 0 Å². The number of benzene rings is 1. The van der Waals surface area contributed by atoms with Gasteiger partial charge in [0, 0.05) is 6.54 Å². The lowest BCUT2D eigenvalue weighted by atomic mass is 9.65. The zero-order chi connectivity index (χ0) is 13.9. The maximum atomic E-state index is 13.2. The van der Waals surface area contributed by atoms with Crippen LogP contribution in [0.5, 0.6) is 0 Å². The second-order valence-electron chi connectivity index (χ2n) is 6.30. The molecule has 1 nitrogen and oxygen atoms in total. The van der Waals surface area contributed by atoms with Gasteiger partial charge in [0.1, 0.15) is 0 Å². The van der Waals surface area contributed by atoms with Crippen molar-refractivity contribution in [1.82, 2.24) is 5.32 Å². The van der Waals surface area contributed by atoms with Crippen LogP contribution in [0.3, 0.4) is 0 Å².